The van der Waals surface area contributed by atoms with Crippen LogP contribution in [0.1, 0.15) is 19.4 Å². The quantitative estimate of drug-likeness (QED) is 0.762. The zero-order valence-electron chi connectivity index (χ0n) is 8.63. The molecule has 2 heterocycles. The Morgan fingerprint density at radius 2 is 2.14 bits per heavy atom. The summed E-state index contributed by atoms with van der Waals surface area (Å²) in [4.78, 5) is 11.5. The van der Waals surface area contributed by atoms with Gasteiger partial charge in [0.15, 0.2) is 0 Å². The molecule has 0 spiro atoms. The molecule has 0 aliphatic rings. The van der Waals surface area contributed by atoms with E-state index >= 15 is 0 Å². The van der Waals surface area contributed by atoms with Gasteiger partial charge < -0.3 is 10.3 Å². The molecular weight excluding hydrogens is 176 g/mol. The first-order valence-electron chi connectivity index (χ1n) is 4.73. The fraction of sp³-hybridized carbons (Fsp3) is 0.400. The molecule has 0 radical (unpaired) electrons. The Morgan fingerprint density at radius 3 is 2.86 bits per heavy atom. The van der Waals surface area contributed by atoms with Gasteiger partial charge in [-0.15, -0.1) is 0 Å². The summed E-state index contributed by atoms with van der Waals surface area (Å²) < 4.78 is 0. The normalized spacial score (nSPS) is 11.1. The number of rotatable bonds is 2. The van der Waals surface area contributed by atoms with Gasteiger partial charge in [0.25, 0.3) is 0 Å². The Hall–Kier alpha value is -1.58. The molecule has 0 atom stereocenters. The van der Waals surface area contributed by atoms with Gasteiger partial charge >= 0.3 is 0 Å². The van der Waals surface area contributed by atoms with Crippen LogP contribution in [0.5, 0.6) is 0 Å². The molecule has 0 amide bonds. The lowest BCUT2D eigenvalue weighted by molar-refractivity contribution is 0.890. The Morgan fingerprint density at radius 1 is 1.36 bits per heavy atom. The van der Waals surface area contributed by atoms with Gasteiger partial charge in [0.2, 0.25) is 0 Å². The van der Waals surface area contributed by atoms with Gasteiger partial charge in [-0.05, 0) is 26.3 Å². The number of aromatic nitrogens is 3. The van der Waals surface area contributed by atoms with E-state index in [1.807, 2.05) is 13.1 Å². The standard InChI is InChI=1S/C10H14N4/c1-6(2)14-10-8-7(3)4-11-9(8)12-5-13-10/h4-6H,1-3H3,(H2,11,12,13,14). The van der Waals surface area contributed by atoms with Gasteiger partial charge in [0, 0.05) is 12.2 Å². The third-order valence-electron chi connectivity index (χ3n) is 2.09. The van der Waals surface area contributed by atoms with Crippen molar-refractivity contribution in [2.24, 2.45) is 0 Å². The average molecular weight is 190 g/mol. The summed E-state index contributed by atoms with van der Waals surface area (Å²) in [6, 6.07) is 0.377. The number of nitrogens with zero attached hydrogens (tertiary/aromatic N) is 2. The van der Waals surface area contributed by atoms with E-state index in [1.54, 1.807) is 6.33 Å². The van der Waals surface area contributed by atoms with Crippen molar-refractivity contribution in [1.29, 1.82) is 0 Å². The first kappa shape index (κ1) is 8.99. The minimum Gasteiger partial charge on any atom is -0.367 e. The highest BCUT2D eigenvalue weighted by atomic mass is 15.0. The maximum Gasteiger partial charge on any atom is 0.143 e. The minimum atomic E-state index is 0.377. The number of aromatic amines is 1. The molecule has 4 nitrogen and oxygen atoms in total. The Labute approximate surface area is 82.8 Å². The van der Waals surface area contributed by atoms with Crippen molar-refractivity contribution in [2.75, 3.05) is 5.32 Å². The van der Waals surface area contributed by atoms with E-state index in [2.05, 4.69) is 34.1 Å². The van der Waals surface area contributed by atoms with Crippen molar-refractivity contribution in [3.05, 3.63) is 18.1 Å². The lowest BCUT2D eigenvalue weighted by Crippen LogP contribution is -2.11. The second kappa shape index (κ2) is 3.29. The van der Waals surface area contributed by atoms with Crippen molar-refractivity contribution < 1.29 is 0 Å². The van der Waals surface area contributed by atoms with Crippen molar-refractivity contribution in [3.63, 3.8) is 0 Å². The highest BCUT2D eigenvalue weighted by Gasteiger charge is 2.08. The second-order valence-corrected chi connectivity index (χ2v) is 3.72. The van der Waals surface area contributed by atoms with E-state index in [4.69, 9.17) is 0 Å². The molecule has 4 heteroatoms. The molecule has 0 saturated carbocycles. The van der Waals surface area contributed by atoms with Crippen LogP contribution in [0.2, 0.25) is 0 Å². The molecule has 0 fully saturated rings. The summed E-state index contributed by atoms with van der Waals surface area (Å²) >= 11 is 0. The summed E-state index contributed by atoms with van der Waals surface area (Å²) in [5.41, 5.74) is 2.06. The van der Waals surface area contributed by atoms with Gasteiger partial charge in [-0.1, -0.05) is 0 Å². The Bertz CT molecular complexity index is 444. The zero-order valence-corrected chi connectivity index (χ0v) is 8.63. The SMILES string of the molecule is Cc1c[nH]c2ncnc(NC(C)C)c12. The van der Waals surface area contributed by atoms with Crippen LogP contribution in [-0.2, 0) is 0 Å². The van der Waals surface area contributed by atoms with E-state index in [0.29, 0.717) is 6.04 Å². The number of aryl methyl sites for hydroxylation is 1. The van der Waals surface area contributed by atoms with Crippen LogP contribution in [0.15, 0.2) is 12.5 Å². The molecule has 14 heavy (non-hydrogen) atoms. The molecule has 0 saturated heterocycles. The number of fused-ring (bicyclic) bond motifs is 1. The van der Waals surface area contributed by atoms with Crippen molar-refractivity contribution in [1.82, 2.24) is 15.0 Å². The monoisotopic (exact) mass is 190 g/mol. The number of hydrogen-bond acceptors (Lipinski definition) is 3. The molecule has 2 aromatic rings. The van der Waals surface area contributed by atoms with Gasteiger partial charge in [-0.2, -0.15) is 0 Å². The van der Waals surface area contributed by atoms with Crippen molar-refractivity contribution in [3.8, 4) is 0 Å². The fourth-order valence-corrected chi connectivity index (χ4v) is 1.50. The van der Waals surface area contributed by atoms with Crippen molar-refractivity contribution >= 4 is 16.9 Å². The van der Waals surface area contributed by atoms with Gasteiger partial charge in [0.05, 0.1) is 5.39 Å². The highest BCUT2D eigenvalue weighted by Crippen LogP contribution is 2.22. The molecule has 0 unspecified atom stereocenters. The van der Waals surface area contributed by atoms with E-state index in [0.717, 1.165) is 16.9 Å². The average Bonchev–Trinajstić information content (AvgIpc) is 2.48. The van der Waals surface area contributed by atoms with Crippen molar-refractivity contribution in [2.45, 2.75) is 26.8 Å². The van der Waals surface area contributed by atoms with Crippen LogP contribution >= 0.6 is 0 Å². The Kier molecular flexibility index (Phi) is 2.11. The molecule has 0 bridgehead atoms. The van der Waals surface area contributed by atoms with Gasteiger partial charge in [0.1, 0.15) is 17.8 Å². The molecule has 2 aromatic heterocycles. The molecule has 0 aliphatic heterocycles. The maximum absolute atomic E-state index is 4.24. The van der Waals surface area contributed by atoms with Crippen LogP contribution in [0.25, 0.3) is 11.0 Å². The summed E-state index contributed by atoms with van der Waals surface area (Å²) in [6.45, 7) is 6.24. The predicted molar refractivity (Wildman–Crippen MR) is 57.4 cm³/mol. The number of anilines is 1. The van der Waals surface area contributed by atoms with E-state index in [1.165, 1.54) is 5.56 Å². The van der Waals surface area contributed by atoms with E-state index < -0.39 is 0 Å². The largest absolute Gasteiger partial charge is 0.367 e. The van der Waals surface area contributed by atoms with Crippen LogP contribution in [0, 0.1) is 6.92 Å². The fourth-order valence-electron chi connectivity index (χ4n) is 1.50. The molecule has 2 rings (SSSR count). The smallest absolute Gasteiger partial charge is 0.143 e. The van der Waals surface area contributed by atoms with Crippen LogP contribution < -0.4 is 5.32 Å². The number of nitrogens with one attached hydrogen (secondary N) is 2. The predicted octanol–water partition coefficient (Wildman–Crippen LogP) is 2.09. The van der Waals surface area contributed by atoms with Gasteiger partial charge in [-0.25, -0.2) is 9.97 Å². The molecular formula is C10H14N4. The molecule has 0 aromatic carbocycles. The van der Waals surface area contributed by atoms with Gasteiger partial charge in [-0.3, -0.25) is 0 Å². The topological polar surface area (TPSA) is 53.6 Å². The first-order chi connectivity index (χ1) is 6.68. The lowest BCUT2D eigenvalue weighted by atomic mass is 10.2. The third kappa shape index (κ3) is 1.43. The minimum absolute atomic E-state index is 0.377. The third-order valence-corrected chi connectivity index (χ3v) is 2.09. The van der Waals surface area contributed by atoms with Crippen LogP contribution in [0.3, 0.4) is 0 Å². The number of hydrogen-bond donors (Lipinski definition) is 2. The van der Waals surface area contributed by atoms with Crippen LogP contribution in [-0.4, -0.2) is 21.0 Å². The highest BCUT2D eigenvalue weighted by molar-refractivity contribution is 5.90. The van der Waals surface area contributed by atoms with E-state index in [-0.39, 0.29) is 0 Å². The van der Waals surface area contributed by atoms with E-state index in [9.17, 15) is 0 Å². The zero-order chi connectivity index (χ0) is 10.1. The molecule has 0 aliphatic carbocycles. The number of H-pyrrole nitrogens is 1. The Balaban J connectivity index is 2.57. The van der Waals surface area contributed by atoms with Crippen LogP contribution in [0.4, 0.5) is 5.82 Å². The second-order valence-electron chi connectivity index (χ2n) is 3.72. The summed E-state index contributed by atoms with van der Waals surface area (Å²) in [5.74, 6) is 0.906. The molecule has 74 valence electrons. The summed E-state index contributed by atoms with van der Waals surface area (Å²) in [7, 11) is 0. The molecule has 2 N–H and O–H groups in total. The first-order valence-corrected chi connectivity index (χ1v) is 4.73. The summed E-state index contributed by atoms with van der Waals surface area (Å²) in [6.07, 6.45) is 3.52. The summed E-state index contributed by atoms with van der Waals surface area (Å²) in [5, 5.41) is 4.39. The maximum atomic E-state index is 4.24. The lowest BCUT2D eigenvalue weighted by Gasteiger charge is -2.09.